The Kier molecular flexibility index (Phi) is 4.88. The number of hydrogen-bond acceptors (Lipinski definition) is 0. The number of fused-ring (bicyclic) bond motifs is 15. The second kappa shape index (κ2) is 8.80. The maximum absolute atomic E-state index is 2.51. The molecule has 9 aromatic rings. The first kappa shape index (κ1) is 24.9. The van der Waals surface area contributed by atoms with Crippen LogP contribution in [0.25, 0.3) is 86.9 Å². The first-order valence-corrected chi connectivity index (χ1v) is 16.0. The Morgan fingerprint density at radius 2 is 0.844 bits per heavy atom. The molecule has 10 rings (SSSR count). The highest BCUT2D eigenvalue weighted by molar-refractivity contribution is 6.35. The molecule has 0 spiro atoms. The van der Waals surface area contributed by atoms with E-state index in [0.717, 1.165) is 0 Å². The van der Waals surface area contributed by atoms with Gasteiger partial charge in [0.2, 0.25) is 0 Å². The summed E-state index contributed by atoms with van der Waals surface area (Å²) in [5.74, 6) is 0. The molecule has 0 saturated heterocycles. The van der Waals surface area contributed by atoms with Crippen molar-refractivity contribution < 1.29 is 0 Å². The molecule has 45 heavy (non-hydrogen) atoms. The molecule has 0 fully saturated rings. The smallest absolute Gasteiger partial charge is 0.0165 e. The van der Waals surface area contributed by atoms with Crippen molar-refractivity contribution >= 4 is 64.6 Å². The summed E-state index contributed by atoms with van der Waals surface area (Å²) in [5.41, 5.74) is 8.02. The van der Waals surface area contributed by atoms with Crippen molar-refractivity contribution in [2.24, 2.45) is 0 Å². The molecule has 0 aromatic heterocycles. The topological polar surface area (TPSA) is 0 Å². The molecule has 0 unspecified atom stereocenters. The fourth-order valence-electron chi connectivity index (χ4n) is 8.66. The minimum absolute atomic E-state index is 0.200. The molecule has 0 amide bonds. The van der Waals surface area contributed by atoms with Gasteiger partial charge in [-0.2, -0.15) is 0 Å². The Bertz CT molecular complexity index is 2670. The SMILES string of the molecule is CC1(C)c2cc(-c3c4ccccc4cc4ccccc34)ccc2-c2c1c1c3ccccc3c3ccccc3c1c1ccccc21. The summed E-state index contributed by atoms with van der Waals surface area (Å²) in [5, 5.41) is 15.9. The van der Waals surface area contributed by atoms with E-state index in [4.69, 9.17) is 0 Å². The van der Waals surface area contributed by atoms with Gasteiger partial charge in [-0.3, -0.25) is 0 Å². The number of benzene rings is 9. The van der Waals surface area contributed by atoms with Crippen molar-refractivity contribution in [1.82, 2.24) is 0 Å². The van der Waals surface area contributed by atoms with Gasteiger partial charge in [0, 0.05) is 5.41 Å². The van der Waals surface area contributed by atoms with Gasteiger partial charge < -0.3 is 0 Å². The van der Waals surface area contributed by atoms with Crippen molar-refractivity contribution in [3.8, 4) is 22.3 Å². The van der Waals surface area contributed by atoms with Crippen LogP contribution in [0.5, 0.6) is 0 Å². The van der Waals surface area contributed by atoms with Gasteiger partial charge in [-0.15, -0.1) is 0 Å². The third-order valence-corrected chi connectivity index (χ3v) is 10.5. The van der Waals surface area contributed by atoms with E-state index in [1.54, 1.807) is 0 Å². The molecule has 0 aliphatic heterocycles. The van der Waals surface area contributed by atoms with E-state index < -0.39 is 0 Å². The first-order valence-electron chi connectivity index (χ1n) is 16.0. The first-order chi connectivity index (χ1) is 22.1. The Hall–Kier alpha value is -5.46. The van der Waals surface area contributed by atoms with E-state index in [-0.39, 0.29) is 5.41 Å². The quantitative estimate of drug-likeness (QED) is 0.136. The van der Waals surface area contributed by atoms with Crippen molar-refractivity contribution in [2.75, 3.05) is 0 Å². The predicted molar refractivity (Wildman–Crippen MR) is 194 cm³/mol. The molecule has 0 bridgehead atoms. The van der Waals surface area contributed by atoms with E-state index in [0.29, 0.717) is 0 Å². The normalized spacial score (nSPS) is 13.7. The summed E-state index contributed by atoms with van der Waals surface area (Å²) >= 11 is 0. The minimum Gasteiger partial charge on any atom is -0.0616 e. The maximum Gasteiger partial charge on any atom is 0.0165 e. The highest BCUT2D eigenvalue weighted by Gasteiger charge is 2.39. The molecule has 0 heteroatoms. The van der Waals surface area contributed by atoms with Crippen LogP contribution in [0.15, 0.2) is 146 Å². The van der Waals surface area contributed by atoms with Crippen LogP contribution in [0.4, 0.5) is 0 Å². The summed E-state index contributed by atoms with van der Waals surface area (Å²) in [7, 11) is 0. The molecule has 1 aliphatic rings. The van der Waals surface area contributed by atoms with Crippen LogP contribution in [0, 0.1) is 0 Å². The molecule has 9 aromatic carbocycles. The standard InChI is InChI=1S/C45H30/c1-45(2)39-26-29(40-30-15-5-3-13-27(30)25-28-14-4-6-16-31(28)40)23-24-38(39)42-37-22-12-11-21-36(37)41-34-19-9-7-17-32(34)33-18-8-10-20-35(33)43(41)44(42)45/h3-26H,1-2H3. The largest absolute Gasteiger partial charge is 0.0616 e. The Morgan fingerprint density at radius 3 is 1.44 bits per heavy atom. The van der Waals surface area contributed by atoms with Crippen LogP contribution < -0.4 is 0 Å². The van der Waals surface area contributed by atoms with Gasteiger partial charge in [-0.1, -0.05) is 147 Å². The van der Waals surface area contributed by atoms with Gasteiger partial charge in [0.25, 0.3) is 0 Å². The zero-order valence-electron chi connectivity index (χ0n) is 25.4. The summed E-state index contributed by atoms with van der Waals surface area (Å²) in [6.45, 7) is 4.89. The van der Waals surface area contributed by atoms with Crippen LogP contribution in [0.3, 0.4) is 0 Å². The third kappa shape index (κ3) is 3.21. The molecule has 210 valence electrons. The van der Waals surface area contributed by atoms with E-state index >= 15 is 0 Å². The highest BCUT2D eigenvalue weighted by atomic mass is 14.4. The van der Waals surface area contributed by atoms with E-state index in [1.807, 2.05) is 0 Å². The summed E-state index contributed by atoms with van der Waals surface area (Å²) < 4.78 is 0. The molecule has 0 radical (unpaired) electrons. The summed E-state index contributed by atoms with van der Waals surface area (Å²) in [4.78, 5) is 0. The van der Waals surface area contributed by atoms with Crippen molar-refractivity contribution in [3.63, 3.8) is 0 Å². The predicted octanol–water partition coefficient (Wildman–Crippen LogP) is 12.6. The molecule has 0 N–H and O–H groups in total. The fourth-order valence-corrected chi connectivity index (χ4v) is 8.66. The van der Waals surface area contributed by atoms with E-state index in [1.165, 1.54) is 98.0 Å². The molecule has 0 atom stereocenters. The lowest BCUT2D eigenvalue weighted by Gasteiger charge is -2.26. The highest BCUT2D eigenvalue weighted by Crippen LogP contribution is 2.57. The number of hydrogen-bond donors (Lipinski definition) is 0. The zero-order chi connectivity index (χ0) is 29.9. The van der Waals surface area contributed by atoms with Crippen LogP contribution in [0.2, 0.25) is 0 Å². The second-order valence-electron chi connectivity index (χ2n) is 13.2. The lowest BCUT2D eigenvalue weighted by molar-refractivity contribution is 0.667. The second-order valence-corrected chi connectivity index (χ2v) is 13.2. The van der Waals surface area contributed by atoms with E-state index in [9.17, 15) is 0 Å². The van der Waals surface area contributed by atoms with Gasteiger partial charge >= 0.3 is 0 Å². The fraction of sp³-hybridized carbons (Fsp3) is 0.0667. The molecule has 1 aliphatic carbocycles. The monoisotopic (exact) mass is 570 g/mol. The van der Waals surface area contributed by atoms with Crippen molar-refractivity contribution in [3.05, 3.63) is 157 Å². The van der Waals surface area contributed by atoms with Crippen LogP contribution in [-0.2, 0) is 5.41 Å². The Labute approximate surface area is 262 Å². The average molecular weight is 571 g/mol. The van der Waals surface area contributed by atoms with Gasteiger partial charge in [0.15, 0.2) is 0 Å². The lowest BCUT2D eigenvalue weighted by atomic mass is 9.76. The molecule has 0 saturated carbocycles. The molecule has 0 nitrogen and oxygen atoms in total. The Balaban J connectivity index is 1.37. The average Bonchev–Trinajstić information content (AvgIpc) is 3.33. The minimum atomic E-state index is -0.200. The Morgan fingerprint density at radius 1 is 0.378 bits per heavy atom. The van der Waals surface area contributed by atoms with Gasteiger partial charge in [-0.05, 0) is 110 Å². The van der Waals surface area contributed by atoms with Crippen LogP contribution in [0.1, 0.15) is 25.0 Å². The van der Waals surface area contributed by atoms with E-state index in [2.05, 4.69) is 159 Å². The van der Waals surface area contributed by atoms with Crippen molar-refractivity contribution in [1.29, 1.82) is 0 Å². The van der Waals surface area contributed by atoms with Crippen LogP contribution >= 0.6 is 0 Å². The summed E-state index contributed by atoms with van der Waals surface area (Å²) in [6.07, 6.45) is 0. The lowest BCUT2D eigenvalue weighted by Crippen LogP contribution is -2.16. The van der Waals surface area contributed by atoms with Gasteiger partial charge in [0.1, 0.15) is 0 Å². The molecular formula is C45H30. The third-order valence-electron chi connectivity index (χ3n) is 10.5. The zero-order valence-corrected chi connectivity index (χ0v) is 25.4. The van der Waals surface area contributed by atoms with Gasteiger partial charge in [0.05, 0.1) is 0 Å². The van der Waals surface area contributed by atoms with Gasteiger partial charge in [-0.25, -0.2) is 0 Å². The number of rotatable bonds is 1. The van der Waals surface area contributed by atoms with Crippen LogP contribution in [-0.4, -0.2) is 0 Å². The summed E-state index contributed by atoms with van der Waals surface area (Å²) in [6, 6.07) is 54.4. The maximum atomic E-state index is 2.51. The molecule has 0 heterocycles. The van der Waals surface area contributed by atoms with Crippen molar-refractivity contribution in [2.45, 2.75) is 19.3 Å². The molecular weight excluding hydrogens is 540 g/mol.